The summed E-state index contributed by atoms with van der Waals surface area (Å²) in [6.45, 7) is 8.38. The summed E-state index contributed by atoms with van der Waals surface area (Å²) in [6, 6.07) is 7.38. The van der Waals surface area contributed by atoms with Gasteiger partial charge in [-0.2, -0.15) is 0 Å². The smallest absolute Gasteiger partial charge is 0.269 e. The van der Waals surface area contributed by atoms with Crippen LogP contribution < -0.4 is 5.32 Å². The number of nitrogens with one attached hydrogen (secondary N) is 1. The molecular weight excluding hydrogens is 254 g/mol. The molecule has 5 heteroatoms. The Morgan fingerprint density at radius 2 is 2.05 bits per heavy atom. The van der Waals surface area contributed by atoms with Crippen LogP contribution in [0.5, 0.6) is 0 Å². The Bertz CT molecular complexity index is 456. The molecule has 0 aliphatic carbocycles. The van der Waals surface area contributed by atoms with Gasteiger partial charge in [-0.1, -0.05) is 26.0 Å². The predicted molar refractivity (Wildman–Crippen MR) is 79.7 cm³/mol. The first kappa shape index (κ1) is 14.9. The summed E-state index contributed by atoms with van der Waals surface area (Å²) in [5.41, 5.74) is 1.25. The molecule has 20 heavy (non-hydrogen) atoms. The Kier molecular flexibility index (Phi) is 5.09. The van der Waals surface area contributed by atoms with E-state index >= 15 is 0 Å². The highest BCUT2D eigenvalue weighted by molar-refractivity contribution is 5.36. The van der Waals surface area contributed by atoms with Crippen LogP contribution in [0.2, 0.25) is 0 Å². The molecule has 1 aromatic rings. The molecule has 1 atom stereocenters. The number of nitro benzene ring substituents is 1. The largest absolute Gasteiger partial charge is 0.314 e. The van der Waals surface area contributed by atoms with Gasteiger partial charge in [-0.25, -0.2) is 0 Å². The lowest BCUT2D eigenvalue weighted by molar-refractivity contribution is -0.385. The summed E-state index contributed by atoms with van der Waals surface area (Å²) < 4.78 is 0. The highest BCUT2D eigenvalue weighted by Crippen LogP contribution is 2.30. The Balaban J connectivity index is 2.24. The minimum Gasteiger partial charge on any atom is -0.314 e. The first-order valence-corrected chi connectivity index (χ1v) is 7.27. The quantitative estimate of drug-likeness (QED) is 0.664. The molecule has 5 nitrogen and oxygen atoms in total. The van der Waals surface area contributed by atoms with Crippen molar-refractivity contribution in [2.45, 2.75) is 26.3 Å². The van der Waals surface area contributed by atoms with Crippen molar-refractivity contribution in [2.24, 2.45) is 5.92 Å². The topological polar surface area (TPSA) is 58.4 Å². The molecule has 1 aliphatic rings. The molecule has 0 spiro atoms. The summed E-state index contributed by atoms with van der Waals surface area (Å²) in [5, 5.41) is 14.3. The maximum absolute atomic E-state index is 11.0. The van der Waals surface area contributed by atoms with Crippen LogP contribution in [0.1, 0.15) is 31.9 Å². The van der Waals surface area contributed by atoms with Gasteiger partial charge in [0.25, 0.3) is 5.69 Å². The molecule has 1 fully saturated rings. The van der Waals surface area contributed by atoms with Gasteiger partial charge >= 0.3 is 0 Å². The maximum Gasteiger partial charge on any atom is 0.269 e. The summed E-state index contributed by atoms with van der Waals surface area (Å²) in [7, 11) is 0. The van der Waals surface area contributed by atoms with Gasteiger partial charge in [0.15, 0.2) is 0 Å². The molecule has 2 rings (SSSR count). The van der Waals surface area contributed by atoms with Crippen LogP contribution in [0.15, 0.2) is 24.3 Å². The molecule has 0 unspecified atom stereocenters. The van der Waals surface area contributed by atoms with Crippen LogP contribution in [0.4, 0.5) is 5.69 Å². The number of piperazine rings is 1. The van der Waals surface area contributed by atoms with Crippen LogP contribution in [0, 0.1) is 16.0 Å². The van der Waals surface area contributed by atoms with Crippen LogP contribution in [-0.4, -0.2) is 36.0 Å². The van der Waals surface area contributed by atoms with Crippen molar-refractivity contribution in [1.82, 2.24) is 10.2 Å². The number of hydrogen-bond acceptors (Lipinski definition) is 4. The molecule has 1 N–H and O–H groups in total. The number of nitro groups is 1. The van der Waals surface area contributed by atoms with E-state index in [0.717, 1.165) is 38.2 Å². The van der Waals surface area contributed by atoms with Gasteiger partial charge in [0.05, 0.1) is 4.92 Å². The molecule has 0 aromatic heterocycles. The molecule has 0 saturated carbocycles. The Morgan fingerprint density at radius 3 is 2.65 bits per heavy atom. The minimum absolute atomic E-state index is 0.186. The van der Waals surface area contributed by atoms with Crippen molar-refractivity contribution in [1.29, 1.82) is 0 Å². The van der Waals surface area contributed by atoms with Crippen LogP contribution in [0.3, 0.4) is 0 Å². The lowest BCUT2D eigenvalue weighted by Crippen LogP contribution is -2.45. The standard InChI is InChI=1S/C15H23N3O2/c1-12(2)10-15(17-8-6-16-7-9-17)13-4-3-5-14(11-13)18(19)20/h3-5,11-12,15-16H,6-10H2,1-2H3/t15-/m0/s1. The Hall–Kier alpha value is -1.46. The van der Waals surface area contributed by atoms with Crippen molar-refractivity contribution >= 4 is 5.69 Å². The zero-order valence-electron chi connectivity index (χ0n) is 12.2. The molecule has 110 valence electrons. The normalized spacial score (nSPS) is 18.1. The Morgan fingerprint density at radius 1 is 1.35 bits per heavy atom. The highest BCUT2D eigenvalue weighted by Gasteiger charge is 2.24. The third-order valence-corrected chi connectivity index (χ3v) is 3.75. The fourth-order valence-electron chi connectivity index (χ4n) is 2.78. The van der Waals surface area contributed by atoms with E-state index < -0.39 is 0 Å². The first-order valence-electron chi connectivity index (χ1n) is 7.27. The number of hydrogen-bond donors (Lipinski definition) is 1. The second-order valence-corrected chi connectivity index (χ2v) is 5.78. The predicted octanol–water partition coefficient (Wildman–Crippen LogP) is 2.59. The van der Waals surface area contributed by atoms with E-state index in [-0.39, 0.29) is 16.7 Å². The van der Waals surface area contributed by atoms with Crippen molar-refractivity contribution in [3.63, 3.8) is 0 Å². The van der Waals surface area contributed by atoms with E-state index in [2.05, 4.69) is 24.1 Å². The number of rotatable bonds is 5. The molecule has 1 saturated heterocycles. The summed E-state index contributed by atoms with van der Waals surface area (Å²) in [5.74, 6) is 0.564. The van der Waals surface area contributed by atoms with Crippen molar-refractivity contribution in [2.75, 3.05) is 26.2 Å². The SMILES string of the molecule is CC(C)C[C@@H](c1cccc([N+](=O)[O-])c1)N1CCNCC1. The second-order valence-electron chi connectivity index (χ2n) is 5.78. The van der Waals surface area contributed by atoms with Crippen LogP contribution in [0.25, 0.3) is 0 Å². The monoisotopic (exact) mass is 277 g/mol. The van der Waals surface area contributed by atoms with E-state index in [1.54, 1.807) is 18.2 Å². The van der Waals surface area contributed by atoms with E-state index in [1.165, 1.54) is 0 Å². The van der Waals surface area contributed by atoms with Gasteiger partial charge in [-0.05, 0) is 17.9 Å². The third kappa shape index (κ3) is 3.77. The third-order valence-electron chi connectivity index (χ3n) is 3.75. The number of nitrogens with zero attached hydrogens (tertiary/aromatic N) is 2. The van der Waals surface area contributed by atoms with Crippen molar-refractivity contribution in [3.8, 4) is 0 Å². The fourth-order valence-corrected chi connectivity index (χ4v) is 2.78. The van der Waals surface area contributed by atoms with Gasteiger partial charge in [-0.3, -0.25) is 15.0 Å². The number of benzene rings is 1. The Labute approximate surface area is 120 Å². The zero-order valence-corrected chi connectivity index (χ0v) is 12.2. The van der Waals surface area contributed by atoms with Gasteiger partial charge in [-0.15, -0.1) is 0 Å². The molecule has 0 radical (unpaired) electrons. The van der Waals surface area contributed by atoms with Gasteiger partial charge in [0.1, 0.15) is 0 Å². The minimum atomic E-state index is -0.312. The molecule has 0 amide bonds. The lowest BCUT2D eigenvalue weighted by Gasteiger charge is -2.36. The summed E-state index contributed by atoms with van der Waals surface area (Å²) in [4.78, 5) is 13.1. The fraction of sp³-hybridized carbons (Fsp3) is 0.600. The second kappa shape index (κ2) is 6.81. The van der Waals surface area contributed by atoms with Crippen LogP contribution >= 0.6 is 0 Å². The average molecular weight is 277 g/mol. The molecular formula is C15H23N3O2. The summed E-state index contributed by atoms with van der Waals surface area (Å²) >= 11 is 0. The van der Waals surface area contributed by atoms with Crippen molar-refractivity contribution in [3.05, 3.63) is 39.9 Å². The van der Waals surface area contributed by atoms with E-state index in [4.69, 9.17) is 0 Å². The highest BCUT2D eigenvalue weighted by atomic mass is 16.6. The van der Waals surface area contributed by atoms with Gasteiger partial charge in [0, 0.05) is 44.4 Å². The van der Waals surface area contributed by atoms with Gasteiger partial charge < -0.3 is 5.32 Å². The molecule has 1 heterocycles. The average Bonchev–Trinajstić information content (AvgIpc) is 2.45. The van der Waals surface area contributed by atoms with Crippen molar-refractivity contribution < 1.29 is 4.92 Å². The number of non-ortho nitro benzene ring substituents is 1. The first-order chi connectivity index (χ1) is 9.58. The maximum atomic E-state index is 11.0. The summed E-state index contributed by atoms with van der Waals surface area (Å²) in [6.07, 6.45) is 1.03. The van der Waals surface area contributed by atoms with Gasteiger partial charge in [0.2, 0.25) is 0 Å². The van der Waals surface area contributed by atoms with E-state index in [1.807, 2.05) is 6.07 Å². The lowest BCUT2D eigenvalue weighted by atomic mass is 9.94. The molecule has 0 bridgehead atoms. The van der Waals surface area contributed by atoms with Crippen LogP contribution in [-0.2, 0) is 0 Å². The van der Waals surface area contributed by atoms with E-state index in [9.17, 15) is 10.1 Å². The molecule has 1 aliphatic heterocycles. The molecule has 1 aromatic carbocycles. The van der Waals surface area contributed by atoms with E-state index in [0.29, 0.717) is 5.92 Å². The zero-order chi connectivity index (χ0) is 14.5.